The Balaban J connectivity index is 1.43. The van der Waals surface area contributed by atoms with Gasteiger partial charge >= 0.3 is 12.1 Å². The number of ether oxygens (including phenoxy) is 3. The number of amides is 3. The minimum Gasteiger partial charge on any atom is -0.488 e. The number of carbonyl (C=O) groups is 4. The van der Waals surface area contributed by atoms with Crippen molar-refractivity contribution in [1.29, 1.82) is 0 Å². The van der Waals surface area contributed by atoms with Crippen LogP contribution in [-0.4, -0.2) is 89.0 Å². The van der Waals surface area contributed by atoms with E-state index in [1.807, 2.05) is 19.1 Å². The van der Waals surface area contributed by atoms with E-state index in [4.69, 9.17) is 25.8 Å². The largest absolute Gasteiger partial charge is 0.488 e. The fourth-order valence-electron chi connectivity index (χ4n) is 6.14. The van der Waals surface area contributed by atoms with Gasteiger partial charge in [-0.15, -0.1) is 0 Å². The summed E-state index contributed by atoms with van der Waals surface area (Å²) >= 11 is 6.43. The number of carboxylic acids is 1. The number of nitrogens with one attached hydrogen (secondary N) is 2. The van der Waals surface area contributed by atoms with Gasteiger partial charge < -0.3 is 34.9 Å². The van der Waals surface area contributed by atoms with Gasteiger partial charge in [0.1, 0.15) is 36.7 Å². The summed E-state index contributed by atoms with van der Waals surface area (Å²) in [4.78, 5) is 58.1. The normalized spacial score (nSPS) is 27.3. The summed E-state index contributed by atoms with van der Waals surface area (Å²) in [6, 6.07) is 5.21. The summed E-state index contributed by atoms with van der Waals surface area (Å²) in [6.45, 7) is 0.955. The maximum absolute atomic E-state index is 13.8. The van der Waals surface area contributed by atoms with Gasteiger partial charge in [-0.05, 0) is 44.7 Å². The molecule has 0 spiro atoms. The predicted molar refractivity (Wildman–Crippen MR) is 166 cm³/mol. The zero-order valence-electron chi connectivity index (χ0n) is 25.5. The lowest BCUT2D eigenvalue weighted by molar-refractivity contribution is -0.145. The number of nitrogens with zero attached hydrogens (tertiary/aromatic N) is 2. The lowest BCUT2D eigenvalue weighted by Crippen LogP contribution is -2.53. The third kappa shape index (κ3) is 7.46. The second-order valence-electron chi connectivity index (χ2n) is 11.7. The number of rotatable bonds is 8. The summed E-state index contributed by atoms with van der Waals surface area (Å²) < 4.78 is 29.5. The van der Waals surface area contributed by atoms with E-state index < -0.39 is 60.9 Å². The lowest BCUT2D eigenvalue weighted by Gasteiger charge is -2.27. The first-order chi connectivity index (χ1) is 22.1. The minimum absolute atomic E-state index is 0.0215. The molecule has 1 aromatic heterocycles. The minimum atomic E-state index is -1.45. The Kier molecular flexibility index (Phi) is 10.5. The quantitative estimate of drug-likeness (QED) is 0.354. The van der Waals surface area contributed by atoms with Crippen LogP contribution in [0.2, 0.25) is 5.02 Å². The molecule has 3 N–H and O–H groups in total. The topological polar surface area (TPSA) is 156 Å². The van der Waals surface area contributed by atoms with Gasteiger partial charge in [0.05, 0.1) is 23.7 Å². The Bertz CT molecular complexity index is 1510. The highest BCUT2D eigenvalue weighted by atomic mass is 35.5. The Morgan fingerprint density at radius 2 is 2.11 bits per heavy atom. The summed E-state index contributed by atoms with van der Waals surface area (Å²) in [6.07, 6.45) is 4.92. The number of carboxylic acid groups (broad SMARTS) is 1. The van der Waals surface area contributed by atoms with Gasteiger partial charge in [-0.2, -0.15) is 0 Å². The number of aliphatic carboxylic acids is 1. The molecule has 3 amide bonds. The predicted octanol–water partition coefficient (Wildman–Crippen LogP) is 4.18. The van der Waals surface area contributed by atoms with Crippen LogP contribution in [0.3, 0.4) is 0 Å². The molecular formula is C32H38ClFN4O8. The molecular weight excluding hydrogens is 623 g/mol. The summed E-state index contributed by atoms with van der Waals surface area (Å²) in [5.74, 6) is -1.84. The molecule has 1 aliphatic carbocycles. The van der Waals surface area contributed by atoms with E-state index in [0.717, 1.165) is 6.42 Å². The molecule has 1 aromatic carbocycles. The van der Waals surface area contributed by atoms with Crippen molar-refractivity contribution in [3.8, 4) is 11.6 Å². The average Bonchev–Trinajstić information content (AvgIpc) is 3.55. The van der Waals surface area contributed by atoms with Crippen LogP contribution in [-0.2, 0) is 19.1 Å². The standard InChI is InChI=1S/C32H38ClFN4O8/c1-2-44-26-16-25(22-10-7-11-23(33)28(22)36-26)46-21-15-24-29(40)37-32(30(41)42)17-19(32)8-5-3-4-6-9-20(14-27(39)38(24)18-21)35-31(43)45-13-12-34/h5,7-8,10-11,16,19-21,24H,2-4,6,9,12-15,17-18H2,1H3,(H,35,43)(H,37,40)(H,41,42)/b8-5-/t19-,20+,21-,24+,32-/m1/s1. The number of fused-ring (bicyclic) bond motifs is 3. The van der Waals surface area contributed by atoms with Crippen molar-refractivity contribution in [2.45, 2.75) is 75.6 Å². The van der Waals surface area contributed by atoms with Gasteiger partial charge in [0, 0.05) is 36.3 Å². The fraction of sp³-hybridized carbons (Fsp3) is 0.531. The molecule has 2 fully saturated rings. The number of alkyl carbamates (subject to hydrolysis) is 1. The highest BCUT2D eigenvalue weighted by Crippen LogP contribution is 2.45. The van der Waals surface area contributed by atoms with Crippen LogP contribution in [0.5, 0.6) is 11.6 Å². The number of aromatic nitrogens is 1. The van der Waals surface area contributed by atoms with E-state index >= 15 is 0 Å². The van der Waals surface area contributed by atoms with Crippen molar-refractivity contribution in [2.24, 2.45) is 5.92 Å². The second kappa shape index (κ2) is 14.5. The van der Waals surface area contributed by atoms with Gasteiger partial charge in [-0.1, -0.05) is 36.2 Å². The van der Waals surface area contributed by atoms with E-state index in [0.29, 0.717) is 53.4 Å². The number of halogens is 2. The van der Waals surface area contributed by atoms with E-state index in [1.54, 1.807) is 24.3 Å². The van der Waals surface area contributed by atoms with Crippen molar-refractivity contribution < 1.29 is 42.9 Å². The number of alkyl halides is 1. The van der Waals surface area contributed by atoms with Gasteiger partial charge in [0.2, 0.25) is 17.7 Å². The summed E-state index contributed by atoms with van der Waals surface area (Å²) in [5, 5.41) is 16.5. The van der Waals surface area contributed by atoms with Gasteiger partial charge in [-0.3, -0.25) is 9.59 Å². The number of hydrogen-bond donors (Lipinski definition) is 3. The van der Waals surface area contributed by atoms with Gasteiger partial charge in [-0.25, -0.2) is 19.0 Å². The van der Waals surface area contributed by atoms with Crippen LogP contribution in [0, 0.1) is 5.92 Å². The number of carbonyl (C=O) groups excluding carboxylic acids is 3. The third-order valence-electron chi connectivity index (χ3n) is 8.54. The maximum Gasteiger partial charge on any atom is 0.407 e. The van der Waals surface area contributed by atoms with E-state index in [9.17, 15) is 28.7 Å². The molecule has 2 aliphatic heterocycles. The van der Waals surface area contributed by atoms with Crippen molar-refractivity contribution in [2.75, 3.05) is 26.4 Å². The molecule has 5 atom stereocenters. The number of allylic oxidation sites excluding steroid dienone is 1. The number of para-hydroxylation sites is 1. The van der Waals surface area contributed by atoms with Crippen LogP contribution in [0.1, 0.15) is 51.9 Å². The second-order valence-corrected chi connectivity index (χ2v) is 12.1. The van der Waals surface area contributed by atoms with Crippen LogP contribution in [0.4, 0.5) is 9.18 Å². The molecule has 12 nitrogen and oxygen atoms in total. The lowest BCUT2D eigenvalue weighted by atomic mass is 10.0. The first kappa shape index (κ1) is 33.2. The molecule has 3 aliphatic rings. The SMILES string of the molecule is CCOc1cc(O[C@@H]2C[C@H]3C(=O)N[C@]4(C(=O)O)C[C@H]4/C=C\CCCC[C@H](NC(=O)OCCF)CC(=O)N3C2)c2cccc(Cl)c2n1. The molecule has 248 valence electrons. The van der Waals surface area contributed by atoms with Crippen LogP contribution >= 0.6 is 11.6 Å². The molecule has 0 bridgehead atoms. The molecule has 0 radical (unpaired) electrons. The average molecular weight is 661 g/mol. The van der Waals surface area contributed by atoms with Crippen molar-refractivity contribution in [1.82, 2.24) is 20.5 Å². The number of hydrogen-bond acceptors (Lipinski definition) is 8. The van der Waals surface area contributed by atoms with E-state index in [1.165, 1.54) is 4.90 Å². The fourth-order valence-corrected chi connectivity index (χ4v) is 6.36. The smallest absolute Gasteiger partial charge is 0.407 e. The maximum atomic E-state index is 13.8. The van der Waals surface area contributed by atoms with Crippen molar-refractivity contribution >= 4 is 46.4 Å². The molecule has 2 aromatic rings. The van der Waals surface area contributed by atoms with E-state index in [-0.39, 0.29) is 31.7 Å². The molecule has 1 saturated carbocycles. The van der Waals surface area contributed by atoms with Crippen molar-refractivity contribution in [3.63, 3.8) is 0 Å². The molecule has 1 saturated heterocycles. The van der Waals surface area contributed by atoms with E-state index in [2.05, 4.69) is 15.6 Å². The highest BCUT2D eigenvalue weighted by molar-refractivity contribution is 6.35. The molecule has 46 heavy (non-hydrogen) atoms. The Hall–Kier alpha value is -4.13. The molecule has 14 heteroatoms. The van der Waals surface area contributed by atoms with Gasteiger partial charge in [0.15, 0.2) is 0 Å². The monoisotopic (exact) mass is 660 g/mol. The Morgan fingerprint density at radius 1 is 1.28 bits per heavy atom. The van der Waals surface area contributed by atoms with Crippen molar-refractivity contribution in [3.05, 3.63) is 41.4 Å². The number of benzene rings is 1. The van der Waals surface area contributed by atoms with Crippen LogP contribution < -0.4 is 20.1 Å². The zero-order chi connectivity index (χ0) is 32.8. The number of pyridine rings is 1. The summed E-state index contributed by atoms with van der Waals surface area (Å²) in [5.41, 5.74) is -0.979. The highest BCUT2D eigenvalue weighted by Gasteiger charge is 2.61. The third-order valence-corrected chi connectivity index (χ3v) is 8.84. The molecule has 3 heterocycles. The van der Waals surface area contributed by atoms with Gasteiger partial charge in [0.25, 0.3) is 0 Å². The zero-order valence-corrected chi connectivity index (χ0v) is 26.3. The molecule has 5 rings (SSSR count). The van der Waals surface area contributed by atoms with Crippen LogP contribution in [0.15, 0.2) is 36.4 Å². The summed E-state index contributed by atoms with van der Waals surface area (Å²) in [7, 11) is 0. The first-order valence-corrected chi connectivity index (χ1v) is 15.9. The van der Waals surface area contributed by atoms with Crippen LogP contribution in [0.25, 0.3) is 10.9 Å². The first-order valence-electron chi connectivity index (χ1n) is 15.5. The Labute approximate surface area is 270 Å². The Morgan fingerprint density at radius 3 is 2.87 bits per heavy atom. The molecule has 0 unspecified atom stereocenters.